The van der Waals surface area contributed by atoms with Crippen LogP contribution in [0.1, 0.15) is 4.88 Å². The minimum Gasteiger partial charge on any atom is -0.379 e. The van der Waals surface area contributed by atoms with Gasteiger partial charge in [0.1, 0.15) is 0 Å². The Morgan fingerprint density at radius 1 is 1.21 bits per heavy atom. The van der Waals surface area contributed by atoms with E-state index in [9.17, 15) is 8.42 Å². The van der Waals surface area contributed by atoms with E-state index in [0.717, 1.165) is 10.2 Å². The average molecular weight is 426 g/mol. The Hall–Kier alpha value is -0.410. The molecule has 0 fully saturated rings. The summed E-state index contributed by atoms with van der Waals surface area (Å²) >= 11 is 8.43. The normalized spacial score (nSPS) is 11.5. The van der Waals surface area contributed by atoms with Crippen molar-refractivity contribution in [1.29, 1.82) is 0 Å². The van der Waals surface area contributed by atoms with E-state index >= 15 is 0 Å². The highest BCUT2D eigenvalue weighted by molar-refractivity contribution is 9.11. The highest BCUT2D eigenvalue weighted by atomic mass is 79.9. The second-order valence-electron chi connectivity index (χ2n) is 3.73. The summed E-state index contributed by atoms with van der Waals surface area (Å²) in [5.41, 5.74) is 0.813. The van der Waals surface area contributed by atoms with Crippen molar-refractivity contribution in [1.82, 2.24) is 0 Å². The number of hydrogen-bond acceptors (Lipinski definition) is 4. The van der Waals surface area contributed by atoms with Gasteiger partial charge < -0.3 is 5.32 Å². The fraction of sp³-hybridized carbons (Fsp3) is 0.0909. The predicted molar refractivity (Wildman–Crippen MR) is 84.9 cm³/mol. The van der Waals surface area contributed by atoms with Crippen molar-refractivity contribution in [3.05, 3.63) is 43.5 Å². The van der Waals surface area contributed by atoms with E-state index in [1.165, 1.54) is 17.0 Å². The third-order valence-corrected chi connectivity index (χ3v) is 5.89. The summed E-state index contributed by atoms with van der Waals surface area (Å²) in [4.78, 5) is 1.25. The van der Waals surface area contributed by atoms with Gasteiger partial charge in [-0.3, -0.25) is 0 Å². The molecule has 19 heavy (non-hydrogen) atoms. The van der Waals surface area contributed by atoms with Crippen LogP contribution in [0.3, 0.4) is 0 Å². The van der Waals surface area contributed by atoms with Crippen LogP contribution in [0, 0.1) is 0 Å². The van der Waals surface area contributed by atoms with E-state index in [2.05, 4.69) is 37.2 Å². The van der Waals surface area contributed by atoms with Gasteiger partial charge in [-0.2, -0.15) is 0 Å². The topological polar surface area (TPSA) is 72.2 Å². The third-order valence-electron chi connectivity index (χ3n) is 2.40. The molecule has 0 unspecified atom stereocenters. The Morgan fingerprint density at radius 2 is 1.95 bits per heavy atom. The zero-order valence-corrected chi connectivity index (χ0v) is 14.4. The van der Waals surface area contributed by atoms with Crippen LogP contribution in [-0.2, 0) is 16.6 Å². The van der Waals surface area contributed by atoms with Crippen molar-refractivity contribution in [2.45, 2.75) is 11.4 Å². The largest absolute Gasteiger partial charge is 0.379 e. The van der Waals surface area contributed by atoms with Crippen LogP contribution < -0.4 is 10.5 Å². The zero-order valence-electron chi connectivity index (χ0n) is 9.56. The van der Waals surface area contributed by atoms with Crippen LogP contribution in [0.4, 0.5) is 5.69 Å². The maximum absolute atomic E-state index is 11.2. The van der Waals surface area contributed by atoms with Crippen LogP contribution in [0.25, 0.3) is 0 Å². The first-order chi connectivity index (χ1) is 8.88. The number of sulfonamides is 1. The summed E-state index contributed by atoms with van der Waals surface area (Å²) in [6.45, 7) is 0.658. The minimum absolute atomic E-state index is 0.0854. The lowest BCUT2D eigenvalue weighted by atomic mass is 10.3. The van der Waals surface area contributed by atoms with Crippen LogP contribution in [-0.4, -0.2) is 8.42 Å². The Morgan fingerprint density at radius 3 is 2.47 bits per heavy atom. The van der Waals surface area contributed by atoms with E-state index in [1.807, 2.05) is 11.4 Å². The molecule has 2 rings (SSSR count). The van der Waals surface area contributed by atoms with Crippen LogP contribution in [0.5, 0.6) is 0 Å². The molecule has 0 amide bonds. The molecule has 8 heteroatoms. The van der Waals surface area contributed by atoms with Crippen molar-refractivity contribution in [3.63, 3.8) is 0 Å². The molecule has 0 atom stereocenters. The molecular weight excluding hydrogens is 416 g/mol. The first-order valence-corrected chi connectivity index (χ1v) is 9.17. The van der Waals surface area contributed by atoms with Gasteiger partial charge in [-0.1, -0.05) is 0 Å². The van der Waals surface area contributed by atoms with Gasteiger partial charge in [0.15, 0.2) is 0 Å². The van der Waals surface area contributed by atoms with Gasteiger partial charge in [0, 0.05) is 19.5 Å². The minimum atomic E-state index is -3.67. The number of thiophene rings is 1. The summed E-state index contributed by atoms with van der Waals surface area (Å²) in [6, 6.07) is 6.64. The molecule has 0 aliphatic rings. The van der Waals surface area contributed by atoms with E-state index in [-0.39, 0.29) is 4.90 Å². The Balaban J connectivity index is 2.16. The van der Waals surface area contributed by atoms with Gasteiger partial charge in [0.25, 0.3) is 0 Å². The second kappa shape index (κ2) is 5.92. The molecular formula is C11H10Br2N2O2S2. The quantitative estimate of drug-likeness (QED) is 0.786. The summed E-state index contributed by atoms with van der Waals surface area (Å²) in [5, 5.41) is 10.3. The van der Waals surface area contributed by atoms with Gasteiger partial charge in [0.2, 0.25) is 10.0 Å². The van der Waals surface area contributed by atoms with Gasteiger partial charge in [-0.05, 0) is 61.5 Å². The van der Waals surface area contributed by atoms with Crippen LogP contribution >= 0.6 is 43.2 Å². The smallest absolute Gasteiger partial charge is 0.238 e. The van der Waals surface area contributed by atoms with E-state index < -0.39 is 10.0 Å². The van der Waals surface area contributed by atoms with Crippen molar-refractivity contribution >= 4 is 58.9 Å². The first-order valence-electron chi connectivity index (χ1n) is 5.16. The van der Waals surface area contributed by atoms with Gasteiger partial charge in [0.05, 0.1) is 11.4 Å². The standard InChI is InChI=1S/C11H10Br2N2O2S2/c12-8-3-4-18-11(8)6-15-10-2-1-7(5-9(10)13)19(14,16)17/h1-5,15H,6H2,(H2,14,16,17). The molecule has 2 aromatic rings. The van der Waals surface area contributed by atoms with Crippen molar-refractivity contribution in [3.8, 4) is 0 Å². The number of rotatable bonds is 4. The highest BCUT2D eigenvalue weighted by Crippen LogP contribution is 2.28. The molecule has 0 aliphatic heterocycles. The maximum atomic E-state index is 11.2. The molecule has 1 heterocycles. The second-order valence-corrected chi connectivity index (χ2v) is 8.00. The molecule has 0 radical (unpaired) electrons. The number of anilines is 1. The molecule has 1 aromatic carbocycles. The molecule has 1 aromatic heterocycles. The van der Waals surface area contributed by atoms with Crippen molar-refractivity contribution in [2.24, 2.45) is 5.14 Å². The monoisotopic (exact) mass is 424 g/mol. The first kappa shape index (κ1) is 15.0. The molecule has 102 valence electrons. The molecule has 0 saturated carbocycles. The Labute approximate surface area is 132 Å². The summed E-state index contributed by atoms with van der Waals surface area (Å²) in [5.74, 6) is 0. The number of nitrogens with two attached hydrogens (primary N) is 1. The third kappa shape index (κ3) is 3.79. The molecule has 0 bridgehead atoms. The molecule has 0 spiro atoms. The summed E-state index contributed by atoms with van der Waals surface area (Å²) in [7, 11) is -3.67. The maximum Gasteiger partial charge on any atom is 0.238 e. The number of hydrogen-bond donors (Lipinski definition) is 2. The van der Waals surface area contributed by atoms with E-state index in [1.54, 1.807) is 17.4 Å². The summed E-state index contributed by atoms with van der Waals surface area (Å²) in [6.07, 6.45) is 0. The highest BCUT2D eigenvalue weighted by Gasteiger charge is 2.10. The SMILES string of the molecule is NS(=O)(=O)c1ccc(NCc2sccc2Br)c(Br)c1. The number of benzene rings is 1. The average Bonchev–Trinajstić information content (AvgIpc) is 2.72. The van der Waals surface area contributed by atoms with Gasteiger partial charge in [-0.15, -0.1) is 11.3 Å². The van der Waals surface area contributed by atoms with Crippen LogP contribution in [0.2, 0.25) is 0 Å². The number of nitrogens with one attached hydrogen (secondary N) is 1. The lowest BCUT2D eigenvalue weighted by Gasteiger charge is -2.09. The molecule has 4 nitrogen and oxygen atoms in total. The fourth-order valence-electron chi connectivity index (χ4n) is 1.44. The Bertz CT molecular complexity index is 698. The molecule has 3 N–H and O–H groups in total. The Kier molecular flexibility index (Phi) is 4.67. The van der Waals surface area contributed by atoms with Gasteiger partial charge in [-0.25, -0.2) is 13.6 Å². The van der Waals surface area contributed by atoms with E-state index in [0.29, 0.717) is 11.0 Å². The molecule has 0 aliphatic carbocycles. The van der Waals surface area contributed by atoms with E-state index in [4.69, 9.17) is 5.14 Å². The lowest BCUT2D eigenvalue weighted by molar-refractivity contribution is 0.598. The zero-order chi connectivity index (χ0) is 14.0. The number of halogens is 2. The van der Waals surface area contributed by atoms with Gasteiger partial charge >= 0.3 is 0 Å². The van der Waals surface area contributed by atoms with Crippen LogP contribution in [0.15, 0.2) is 43.5 Å². The summed E-state index contributed by atoms with van der Waals surface area (Å²) < 4.78 is 24.2. The fourth-order valence-corrected chi connectivity index (χ4v) is 4.09. The van der Waals surface area contributed by atoms with Crippen molar-refractivity contribution < 1.29 is 8.42 Å². The van der Waals surface area contributed by atoms with Crippen molar-refractivity contribution in [2.75, 3.05) is 5.32 Å². The predicted octanol–water partition coefficient (Wildman–Crippen LogP) is 3.53. The molecule has 0 saturated heterocycles. The lowest BCUT2D eigenvalue weighted by Crippen LogP contribution is -2.12. The number of primary sulfonamides is 1.